The molecule has 9 heteroatoms. The first kappa shape index (κ1) is 20.7. The van der Waals surface area contributed by atoms with Crippen molar-refractivity contribution in [3.63, 3.8) is 0 Å². The van der Waals surface area contributed by atoms with Gasteiger partial charge in [0.25, 0.3) is 0 Å². The Morgan fingerprint density at radius 3 is 2.40 bits per heavy atom. The lowest BCUT2D eigenvalue weighted by Crippen LogP contribution is -2.47. The highest BCUT2D eigenvalue weighted by atomic mass is 32.2. The van der Waals surface area contributed by atoms with Crippen LogP contribution in [0.5, 0.6) is 11.5 Å². The molecule has 8 nitrogen and oxygen atoms in total. The summed E-state index contributed by atoms with van der Waals surface area (Å²) in [5.74, 6) is 0.192. The minimum atomic E-state index is -3.96. The number of nitrogens with one attached hydrogen (secondary N) is 2. The molecule has 0 saturated carbocycles. The first-order valence-electron chi connectivity index (χ1n) is 7.64. The second-order valence-electron chi connectivity index (χ2n) is 5.70. The van der Waals surface area contributed by atoms with Gasteiger partial charge in [-0.25, -0.2) is 8.42 Å². The van der Waals surface area contributed by atoms with Crippen LogP contribution in [-0.4, -0.2) is 41.1 Å². The van der Waals surface area contributed by atoms with Crippen LogP contribution in [-0.2, 0) is 14.8 Å². The number of carbonyl (C=O) groups excluding carboxylic acids is 1. The molecule has 1 rings (SSSR count). The van der Waals surface area contributed by atoms with Crippen LogP contribution in [0.2, 0.25) is 0 Å². The van der Waals surface area contributed by atoms with Crippen molar-refractivity contribution in [3.05, 3.63) is 18.2 Å². The SMILES string of the molecule is COc1ccc(S(=O)(=O)N[C@@H](CC(C)C)C(=O)NCC#N)cc1OC. The highest BCUT2D eigenvalue weighted by Gasteiger charge is 2.27. The van der Waals surface area contributed by atoms with Gasteiger partial charge in [0.2, 0.25) is 15.9 Å². The van der Waals surface area contributed by atoms with Crippen molar-refractivity contribution < 1.29 is 22.7 Å². The molecule has 0 aliphatic carbocycles. The zero-order valence-corrected chi connectivity index (χ0v) is 15.5. The quantitative estimate of drug-likeness (QED) is 0.628. The summed E-state index contributed by atoms with van der Waals surface area (Å²) in [6.07, 6.45) is 0.295. The van der Waals surface area contributed by atoms with E-state index in [1.807, 2.05) is 13.8 Å². The van der Waals surface area contributed by atoms with E-state index in [2.05, 4.69) is 10.0 Å². The van der Waals surface area contributed by atoms with E-state index >= 15 is 0 Å². The van der Waals surface area contributed by atoms with Crippen molar-refractivity contribution in [2.24, 2.45) is 5.92 Å². The van der Waals surface area contributed by atoms with E-state index < -0.39 is 22.0 Å². The number of nitriles is 1. The monoisotopic (exact) mass is 369 g/mol. The Labute approximate surface area is 148 Å². The molecular weight excluding hydrogens is 346 g/mol. The van der Waals surface area contributed by atoms with Crippen molar-refractivity contribution in [1.29, 1.82) is 5.26 Å². The fourth-order valence-electron chi connectivity index (χ4n) is 2.17. The van der Waals surface area contributed by atoms with E-state index in [9.17, 15) is 13.2 Å². The van der Waals surface area contributed by atoms with Gasteiger partial charge in [0.15, 0.2) is 11.5 Å². The fourth-order valence-corrected chi connectivity index (χ4v) is 3.39. The van der Waals surface area contributed by atoms with Gasteiger partial charge in [0.1, 0.15) is 12.6 Å². The maximum absolute atomic E-state index is 12.6. The smallest absolute Gasteiger partial charge is 0.241 e. The highest BCUT2D eigenvalue weighted by Crippen LogP contribution is 2.29. The van der Waals surface area contributed by atoms with E-state index in [4.69, 9.17) is 14.7 Å². The lowest BCUT2D eigenvalue weighted by Gasteiger charge is -2.20. The fraction of sp³-hybridized carbons (Fsp3) is 0.500. The molecule has 0 radical (unpaired) electrons. The number of ether oxygens (including phenoxy) is 2. The van der Waals surface area contributed by atoms with E-state index in [1.165, 1.54) is 32.4 Å². The Morgan fingerprint density at radius 2 is 1.88 bits per heavy atom. The summed E-state index contributed by atoms with van der Waals surface area (Å²) >= 11 is 0. The summed E-state index contributed by atoms with van der Waals surface area (Å²) < 4.78 is 37.8. The zero-order chi connectivity index (χ0) is 19.0. The summed E-state index contributed by atoms with van der Waals surface area (Å²) in [5.41, 5.74) is 0. The molecule has 0 aliphatic rings. The summed E-state index contributed by atoms with van der Waals surface area (Å²) in [4.78, 5) is 12.1. The third-order valence-electron chi connectivity index (χ3n) is 3.33. The number of rotatable bonds is 9. The second-order valence-corrected chi connectivity index (χ2v) is 7.41. The lowest BCUT2D eigenvalue weighted by atomic mass is 10.0. The number of nitrogens with zero attached hydrogens (tertiary/aromatic N) is 1. The van der Waals surface area contributed by atoms with E-state index in [0.717, 1.165) is 0 Å². The predicted molar refractivity (Wildman–Crippen MR) is 91.7 cm³/mol. The zero-order valence-electron chi connectivity index (χ0n) is 14.7. The standard InChI is InChI=1S/C16H23N3O5S/c1-11(2)9-13(16(20)18-8-7-17)19-25(21,22)12-5-6-14(23-3)15(10-12)24-4/h5-6,10-11,13,19H,8-9H2,1-4H3,(H,18,20)/t13-/m0/s1. The molecule has 0 fully saturated rings. The van der Waals surface area contributed by atoms with Crippen LogP contribution in [0.1, 0.15) is 20.3 Å². The number of sulfonamides is 1. The Balaban J connectivity index is 3.09. The van der Waals surface area contributed by atoms with Gasteiger partial charge in [-0.05, 0) is 24.5 Å². The van der Waals surface area contributed by atoms with Crippen molar-refractivity contribution in [2.75, 3.05) is 20.8 Å². The number of hydrogen-bond acceptors (Lipinski definition) is 6. The number of benzene rings is 1. The van der Waals surface area contributed by atoms with Crippen molar-refractivity contribution in [1.82, 2.24) is 10.0 Å². The molecule has 0 spiro atoms. The molecule has 138 valence electrons. The number of hydrogen-bond donors (Lipinski definition) is 2. The molecule has 1 aromatic rings. The second kappa shape index (κ2) is 9.25. The molecule has 1 aromatic carbocycles. The van der Waals surface area contributed by atoms with Crippen LogP contribution in [0.4, 0.5) is 0 Å². The largest absolute Gasteiger partial charge is 0.493 e. The first-order valence-corrected chi connectivity index (χ1v) is 9.12. The minimum Gasteiger partial charge on any atom is -0.493 e. The maximum atomic E-state index is 12.6. The topological polar surface area (TPSA) is 118 Å². The van der Waals surface area contributed by atoms with Crippen LogP contribution in [0, 0.1) is 17.2 Å². The maximum Gasteiger partial charge on any atom is 0.241 e. The van der Waals surface area contributed by atoms with Crippen molar-refractivity contribution >= 4 is 15.9 Å². The average molecular weight is 369 g/mol. The molecule has 0 saturated heterocycles. The highest BCUT2D eigenvalue weighted by molar-refractivity contribution is 7.89. The van der Waals surface area contributed by atoms with Gasteiger partial charge in [-0.15, -0.1) is 0 Å². The third kappa shape index (κ3) is 5.92. The number of amides is 1. The molecule has 0 aliphatic heterocycles. The van der Waals surface area contributed by atoms with Gasteiger partial charge in [-0.3, -0.25) is 4.79 Å². The summed E-state index contributed by atoms with van der Waals surface area (Å²) in [6.45, 7) is 3.55. The molecule has 1 amide bonds. The van der Waals surface area contributed by atoms with E-state index in [-0.39, 0.29) is 23.1 Å². The van der Waals surface area contributed by atoms with Crippen molar-refractivity contribution in [3.8, 4) is 17.6 Å². The molecule has 0 heterocycles. The third-order valence-corrected chi connectivity index (χ3v) is 4.80. The Kier molecular flexibility index (Phi) is 7.67. The van der Waals surface area contributed by atoms with Crippen LogP contribution in [0.3, 0.4) is 0 Å². The van der Waals surface area contributed by atoms with Crippen molar-refractivity contribution in [2.45, 2.75) is 31.2 Å². The van der Waals surface area contributed by atoms with Gasteiger partial charge in [0, 0.05) is 6.07 Å². The summed E-state index contributed by atoms with van der Waals surface area (Å²) in [5, 5.41) is 10.9. The Bertz CT molecular complexity index is 741. The van der Waals surface area contributed by atoms with Gasteiger partial charge in [0.05, 0.1) is 25.2 Å². The lowest BCUT2D eigenvalue weighted by molar-refractivity contribution is -0.122. The number of carbonyl (C=O) groups is 1. The van der Waals surface area contributed by atoms with Gasteiger partial charge >= 0.3 is 0 Å². The normalized spacial score (nSPS) is 12.3. The van der Waals surface area contributed by atoms with Crippen LogP contribution in [0.15, 0.2) is 23.1 Å². The first-order chi connectivity index (χ1) is 11.7. The molecule has 0 aromatic heterocycles. The molecule has 0 unspecified atom stereocenters. The van der Waals surface area contributed by atoms with Crippen LogP contribution < -0.4 is 19.5 Å². The van der Waals surface area contributed by atoms with Gasteiger partial charge < -0.3 is 14.8 Å². The molecule has 25 heavy (non-hydrogen) atoms. The molecule has 2 N–H and O–H groups in total. The Hall–Kier alpha value is -2.31. The summed E-state index contributed by atoms with van der Waals surface area (Å²) in [7, 11) is -1.11. The van der Waals surface area contributed by atoms with Gasteiger partial charge in [-0.1, -0.05) is 13.8 Å². The van der Waals surface area contributed by atoms with E-state index in [1.54, 1.807) is 6.07 Å². The molecule has 0 bridgehead atoms. The Morgan fingerprint density at radius 1 is 1.24 bits per heavy atom. The summed E-state index contributed by atoms with van der Waals surface area (Å²) in [6, 6.07) is 4.97. The minimum absolute atomic E-state index is 0.0491. The number of methoxy groups -OCH3 is 2. The average Bonchev–Trinajstić information content (AvgIpc) is 2.57. The van der Waals surface area contributed by atoms with E-state index in [0.29, 0.717) is 12.2 Å². The van der Waals surface area contributed by atoms with Crippen LogP contribution in [0.25, 0.3) is 0 Å². The van der Waals surface area contributed by atoms with Gasteiger partial charge in [-0.2, -0.15) is 9.98 Å². The molecule has 1 atom stereocenters. The predicted octanol–water partition coefficient (Wildman–Crippen LogP) is 1.04. The molecular formula is C16H23N3O5S. The van der Waals surface area contributed by atoms with Crippen LogP contribution >= 0.6 is 0 Å².